The number of hydrogen-bond donors (Lipinski definition) is 2. The number of hydrogen-bond acceptors (Lipinski definition) is 4. The van der Waals surface area contributed by atoms with Gasteiger partial charge in [-0.1, -0.05) is 0 Å². The number of nitrogens with one attached hydrogen (secondary N) is 2. The number of ether oxygens (including phenoxy) is 1. The summed E-state index contributed by atoms with van der Waals surface area (Å²) in [5.41, 5.74) is 8.68. The minimum Gasteiger partial charge on any atom is -0.497 e. The number of fused-ring (bicyclic) bond motifs is 6. The molecule has 0 saturated carbocycles. The highest BCUT2D eigenvalue weighted by atomic mass is 16.5. The summed E-state index contributed by atoms with van der Waals surface area (Å²) in [4.78, 5) is 23.6. The Morgan fingerprint density at radius 1 is 1.17 bits per heavy atom. The van der Waals surface area contributed by atoms with E-state index >= 15 is 0 Å². The third kappa shape index (κ3) is 2.40. The van der Waals surface area contributed by atoms with Gasteiger partial charge in [-0.15, -0.1) is 0 Å². The van der Waals surface area contributed by atoms with Crippen molar-refractivity contribution >= 4 is 5.91 Å². The molecule has 6 nitrogen and oxygen atoms in total. The maximum absolute atomic E-state index is 12.8. The van der Waals surface area contributed by atoms with E-state index in [4.69, 9.17) is 9.72 Å². The van der Waals surface area contributed by atoms with Gasteiger partial charge in [-0.3, -0.25) is 9.78 Å². The molecule has 1 aliphatic carbocycles. The number of aromatic amines is 1. The highest BCUT2D eigenvalue weighted by molar-refractivity contribution is 6.01. The lowest BCUT2D eigenvalue weighted by molar-refractivity contribution is 0.0688. The van der Waals surface area contributed by atoms with E-state index in [2.05, 4.69) is 28.3 Å². The number of pyridine rings is 1. The summed E-state index contributed by atoms with van der Waals surface area (Å²) in [6.45, 7) is 2.66. The van der Waals surface area contributed by atoms with Crippen LogP contribution in [-0.4, -0.2) is 54.6 Å². The van der Waals surface area contributed by atoms with E-state index in [-0.39, 0.29) is 11.3 Å². The third-order valence-electron chi connectivity index (χ3n) is 6.88. The summed E-state index contributed by atoms with van der Waals surface area (Å²) in [6.07, 6.45) is 3.77. The van der Waals surface area contributed by atoms with Crippen LogP contribution in [0, 0.1) is 0 Å². The molecule has 0 bridgehead atoms. The standard InChI is InChI=1S/C24H24N4O2/c1-28-12-24(13-28)11-26-23(29)20-17-8-5-15-10-25-19(9-18(15)21(17)27-22(20)24)14-3-6-16(30-2)7-4-14/h3-4,6-7,9-10,27H,5,8,11-13H2,1-2H3,(H,26,29). The first-order valence-electron chi connectivity index (χ1n) is 10.4. The molecule has 2 aliphatic heterocycles. The Morgan fingerprint density at radius 2 is 1.97 bits per heavy atom. The topological polar surface area (TPSA) is 70.2 Å². The van der Waals surface area contributed by atoms with Gasteiger partial charge >= 0.3 is 0 Å². The maximum Gasteiger partial charge on any atom is 0.253 e. The number of likely N-dealkylation sites (N-methyl/N-ethyl adjacent to an activating group) is 1. The van der Waals surface area contributed by atoms with E-state index in [1.54, 1.807) is 7.11 Å². The van der Waals surface area contributed by atoms with Crippen molar-refractivity contribution in [1.29, 1.82) is 0 Å². The Morgan fingerprint density at radius 3 is 2.70 bits per heavy atom. The molecule has 1 fully saturated rings. The van der Waals surface area contributed by atoms with Gasteiger partial charge in [0.15, 0.2) is 0 Å². The molecule has 3 aliphatic rings. The summed E-state index contributed by atoms with van der Waals surface area (Å²) in [6, 6.07) is 10.1. The first kappa shape index (κ1) is 17.7. The number of carbonyl (C=O) groups excluding carboxylic acids is 1. The van der Waals surface area contributed by atoms with Gasteiger partial charge < -0.3 is 19.9 Å². The molecular weight excluding hydrogens is 376 g/mol. The molecule has 0 unspecified atom stereocenters. The smallest absolute Gasteiger partial charge is 0.253 e. The molecule has 2 aromatic heterocycles. The monoisotopic (exact) mass is 400 g/mol. The van der Waals surface area contributed by atoms with Crippen molar-refractivity contribution in [3.8, 4) is 28.3 Å². The lowest BCUT2D eigenvalue weighted by Gasteiger charge is -2.50. The van der Waals surface area contributed by atoms with E-state index in [9.17, 15) is 4.79 Å². The van der Waals surface area contributed by atoms with Gasteiger partial charge in [-0.25, -0.2) is 0 Å². The van der Waals surface area contributed by atoms with Gasteiger partial charge in [0.25, 0.3) is 5.91 Å². The molecule has 4 heterocycles. The summed E-state index contributed by atoms with van der Waals surface area (Å²) in [5.74, 6) is 0.897. The first-order valence-corrected chi connectivity index (χ1v) is 10.4. The number of methoxy groups -OCH3 is 1. The molecule has 0 radical (unpaired) electrons. The first-order chi connectivity index (χ1) is 14.6. The van der Waals surface area contributed by atoms with Crippen molar-refractivity contribution < 1.29 is 9.53 Å². The number of rotatable bonds is 2. The zero-order valence-corrected chi connectivity index (χ0v) is 17.2. The van der Waals surface area contributed by atoms with Crippen LogP contribution in [0.15, 0.2) is 36.5 Å². The van der Waals surface area contributed by atoms with Gasteiger partial charge in [0.1, 0.15) is 5.75 Å². The molecule has 3 aromatic rings. The SMILES string of the molecule is COc1ccc(-c2cc3c(cn2)CCc2c-3[nH]c3c2C(=O)NCC32CN(C)C2)cc1. The van der Waals surface area contributed by atoms with Crippen molar-refractivity contribution in [2.45, 2.75) is 18.3 Å². The van der Waals surface area contributed by atoms with Gasteiger partial charge in [0, 0.05) is 42.7 Å². The summed E-state index contributed by atoms with van der Waals surface area (Å²) in [5, 5.41) is 3.15. The number of amides is 1. The average molecular weight is 400 g/mol. The summed E-state index contributed by atoms with van der Waals surface area (Å²) < 4.78 is 5.28. The average Bonchev–Trinajstić information content (AvgIpc) is 3.16. The van der Waals surface area contributed by atoms with Crippen LogP contribution >= 0.6 is 0 Å². The van der Waals surface area contributed by atoms with Crippen LogP contribution < -0.4 is 10.1 Å². The van der Waals surface area contributed by atoms with Crippen molar-refractivity contribution in [3.63, 3.8) is 0 Å². The van der Waals surface area contributed by atoms with Gasteiger partial charge in [-0.05, 0) is 61.3 Å². The lowest BCUT2D eigenvalue weighted by atomic mass is 9.73. The molecule has 6 heteroatoms. The molecule has 152 valence electrons. The van der Waals surface area contributed by atoms with E-state index in [1.165, 1.54) is 11.1 Å². The van der Waals surface area contributed by atoms with Gasteiger partial charge in [-0.2, -0.15) is 0 Å². The molecule has 30 heavy (non-hydrogen) atoms. The predicted molar refractivity (Wildman–Crippen MR) is 115 cm³/mol. The fourth-order valence-corrected chi connectivity index (χ4v) is 5.45. The predicted octanol–water partition coefficient (Wildman–Crippen LogP) is 2.78. The fourth-order valence-electron chi connectivity index (χ4n) is 5.45. The van der Waals surface area contributed by atoms with E-state index in [0.29, 0.717) is 6.54 Å². The minimum absolute atomic E-state index is 0.0152. The largest absolute Gasteiger partial charge is 0.497 e. The molecule has 1 spiro atoms. The van der Waals surface area contributed by atoms with Crippen LogP contribution in [0.2, 0.25) is 0 Å². The molecule has 1 saturated heterocycles. The second-order valence-corrected chi connectivity index (χ2v) is 8.82. The van der Waals surface area contributed by atoms with Crippen LogP contribution in [0.5, 0.6) is 5.75 Å². The van der Waals surface area contributed by atoms with Crippen molar-refractivity contribution in [3.05, 3.63) is 58.9 Å². The van der Waals surface area contributed by atoms with Crippen molar-refractivity contribution in [1.82, 2.24) is 20.2 Å². The Labute approximate surface area is 175 Å². The summed E-state index contributed by atoms with van der Waals surface area (Å²) in [7, 11) is 3.80. The Balaban J connectivity index is 1.48. The quantitative estimate of drug-likeness (QED) is 0.694. The maximum atomic E-state index is 12.8. The van der Waals surface area contributed by atoms with E-state index in [0.717, 1.165) is 65.5 Å². The van der Waals surface area contributed by atoms with E-state index < -0.39 is 0 Å². The zero-order valence-electron chi connectivity index (χ0n) is 17.2. The number of nitrogens with zero attached hydrogens (tertiary/aromatic N) is 2. The third-order valence-corrected chi connectivity index (χ3v) is 6.88. The minimum atomic E-state index is 0.0152. The fraction of sp³-hybridized carbons (Fsp3) is 0.333. The molecule has 1 aromatic carbocycles. The second-order valence-electron chi connectivity index (χ2n) is 8.82. The van der Waals surface area contributed by atoms with Crippen LogP contribution in [0.25, 0.3) is 22.5 Å². The zero-order chi connectivity index (χ0) is 20.5. The number of aromatic nitrogens is 2. The van der Waals surface area contributed by atoms with Crippen molar-refractivity contribution in [2.75, 3.05) is 33.8 Å². The number of benzene rings is 1. The Bertz CT molecular complexity index is 1170. The lowest BCUT2D eigenvalue weighted by Crippen LogP contribution is -2.65. The molecular formula is C24H24N4O2. The van der Waals surface area contributed by atoms with Gasteiger partial charge in [0.2, 0.25) is 0 Å². The Kier molecular flexibility index (Phi) is 3.65. The highest BCUT2D eigenvalue weighted by Crippen LogP contribution is 2.44. The summed E-state index contributed by atoms with van der Waals surface area (Å²) >= 11 is 0. The normalized spacial score (nSPS) is 18.8. The van der Waals surface area contributed by atoms with Crippen LogP contribution in [0.3, 0.4) is 0 Å². The second kappa shape index (κ2) is 6.19. The number of carbonyl (C=O) groups is 1. The number of H-pyrrole nitrogens is 1. The molecule has 0 atom stereocenters. The van der Waals surface area contributed by atoms with Crippen LogP contribution in [-0.2, 0) is 18.3 Å². The number of likely N-dealkylation sites (tertiary alicyclic amines) is 1. The highest BCUT2D eigenvalue weighted by Gasteiger charge is 2.50. The van der Waals surface area contributed by atoms with E-state index in [1.807, 2.05) is 30.5 Å². The molecule has 1 amide bonds. The van der Waals surface area contributed by atoms with Gasteiger partial charge in [0.05, 0.1) is 29.5 Å². The molecule has 6 rings (SSSR count). The molecule has 2 N–H and O–H groups in total. The number of aryl methyl sites for hydroxylation is 1. The van der Waals surface area contributed by atoms with Crippen LogP contribution in [0.1, 0.15) is 27.2 Å². The van der Waals surface area contributed by atoms with Crippen molar-refractivity contribution in [2.24, 2.45) is 0 Å². The Hall–Kier alpha value is -3.12. The van der Waals surface area contributed by atoms with Crippen LogP contribution in [0.4, 0.5) is 0 Å².